The Morgan fingerprint density at radius 3 is 2.28 bits per heavy atom. The van der Waals surface area contributed by atoms with Crippen molar-refractivity contribution in [3.63, 3.8) is 0 Å². The highest BCUT2D eigenvalue weighted by Crippen LogP contribution is 2.28. The minimum Gasteiger partial charge on any atom is -0.457 e. The van der Waals surface area contributed by atoms with Crippen molar-refractivity contribution < 1.29 is 23.1 Å². The lowest BCUT2D eigenvalue weighted by atomic mass is 10.0. The lowest BCUT2D eigenvalue weighted by molar-refractivity contribution is -0.122. The SMILES string of the molecule is Cc1ccc(F)c(C=C2C(=O)NC(=S)N(c3ccc(Oc4ccccc4)cc3)C2=O)c1F. The molecular formula is C24H16F2N2O3S. The maximum Gasteiger partial charge on any atom is 0.270 e. The predicted octanol–water partition coefficient (Wildman–Crippen LogP) is 4.90. The number of nitrogens with one attached hydrogen (secondary N) is 1. The lowest BCUT2D eigenvalue weighted by Gasteiger charge is -2.29. The Labute approximate surface area is 187 Å². The van der Waals surface area contributed by atoms with Crippen LogP contribution in [0.5, 0.6) is 11.5 Å². The van der Waals surface area contributed by atoms with Gasteiger partial charge in [-0.2, -0.15) is 0 Å². The molecule has 1 heterocycles. The van der Waals surface area contributed by atoms with Gasteiger partial charge in [-0.05, 0) is 73.2 Å². The van der Waals surface area contributed by atoms with Crippen LogP contribution in [-0.4, -0.2) is 16.9 Å². The van der Waals surface area contributed by atoms with Crippen LogP contribution in [0.25, 0.3) is 6.08 Å². The fourth-order valence-corrected chi connectivity index (χ4v) is 3.42. The molecule has 5 nitrogen and oxygen atoms in total. The van der Waals surface area contributed by atoms with E-state index < -0.39 is 34.6 Å². The molecule has 0 radical (unpaired) electrons. The first kappa shape index (κ1) is 21.3. The monoisotopic (exact) mass is 450 g/mol. The van der Waals surface area contributed by atoms with Crippen molar-refractivity contribution in [3.05, 3.63) is 95.1 Å². The van der Waals surface area contributed by atoms with Gasteiger partial charge in [-0.25, -0.2) is 8.78 Å². The van der Waals surface area contributed by atoms with Gasteiger partial charge in [-0.3, -0.25) is 19.8 Å². The van der Waals surface area contributed by atoms with Crippen LogP contribution in [0.3, 0.4) is 0 Å². The summed E-state index contributed by atoms with van der Waals surface area (Å²) >= 11 is 5.16. The number of hydrogen-bond acceptors (Lipinski definition) is 4. The van der Waals surface area contributed by atoms with Crippen LogP contribution in [0.1, 0.15) is 11.1 Å². The second kappa shape index (κ2) is 8.68. The predicted molar refractivity (Wildman–Crippen MR) is 120 cm³/mol. The van der Waals surface area contributed by atoms with Gasteiger partial charge in [0.25, 0.3) is 11.8 Å². The molecule has 3 aromatic rings. The first-order valence-electron chi connectivity index (χ1n) is 9.54. The number of benzene rings is 3. The van der Waals surface area contributed by atoms with Gasteiger partial charge in [-0.1, -0.05) is 24.3 Å². The van der Waals surface area contributed by atoms with Crippen LogP contribution in [0, 0.1) is 18.6 Å². The van der Waals surface area contributed by atoms with Crippen molar-refractivity contribution in [3.8, 4) is 11.5 Å². The van der Waals surface area contributed by atoms with Gasteiger partial charge in [0.05, 0.1) is 5.69 Å². The molecule has 32 heavy (non-hydrogen) atoms. The van der Waals surface area contributed by atoms with Gasteiger partial charge < -0.3 is 4.74 Å². The second-order valence-electron chi connectivity index (χ2n) is 6.96. The molecule has 8 heteroatoms. The van der Waals surface area contributed by atoms with E-state index in [0.717, 1.165) is 17.0 Å². The zero-order valence-electron chi connectivity index (χ0n) is 16.8. The molecule has 1 aliphatic heterocycles. The van der Waals surface area contributed by atoms with Gasteiger partial charge >= 0.3 is 0 Å². The lowest BCUT2D eigenvalue weighted by Crippen LogP contribution is -2.54. The number of carbonyl (C=O) groups is 2. The smallest absolute Gasteiger partial charge is 0.270 e. The van der Waals surface area contributed by atoms with E-state index in [-0.39, 0.29) is 10.7 Å². The maximum atomic E-state index is 14.4. The molecule has 2 amide bonds. The average Bonchev–Trinajstić information content (AvgIpc) is 2.77. The number of thiocarbonyl (C=S) groups is 1. The van der Waals surface area contributed by atoms with Crippen molar-refractivity contribution in [2.45, 2.75) is 6.92 Å². The highest BCUT2D eigenvalue weighted by atomic mass is 32.1. The first-order chi connectivity index (χ1) is 15.3. The number of aryl methyl sites for hydroxylation is 1. The van der Waals surface area contributed by atoms with Gasteiger partial charge in [0.15, 0.2) is 5.11 Å². The van der Waals surface area contributed by atoms with Crippen molar-refractivity contribution >= 4 is 40.9 Å². The zero-order valence-corrected chi connectivity index (χ0v) is 17.6. The molecule has 1 N–H and O–H groups in total. The Bertz CT molecular complexity index is 1260. The van der Waals surface area contributed by atoms with Gasteiger partial charge in [0, 0.05) is 5.56 Å². The van der Waals surface area contributed by atoms with Crippen LogP contribution in [-0.2, 0) is 9.59 Å². The normalized spacial score (nSPS) is 15.2. The summed E-state index contributed by atoms with van der Waals surface area (Å²) in [6.07, 6.45) is 0.900. The third kappa shape index (κ3) is 4.13. The van der Waals surface area contributed by atoms with Crippen LogP contribution >= 0.6 is 12.2 Å². The molecular weight excluding hydrogens is 434 g/mol. The summed E-state index contributed by atoms with van der Waals surface area (Å²) in [4.78, 5) is 26.5. The number of anilines is 1. The highest BCUT2D eigenvalue weighted by molar-refractivity contribution is 7.80. The number of amides is 2. The second-order valence-corrected chi connectivity index (χ2v) is 7.35. The molecule has 4 rings (SSSR count). The largest absolute Gasteiger partial charge is 0.457 e. The molecule has 0 bridgehead atoms. The first-order valence-corrected chi connectivity index (χ1v) is 9.95. The van der Waals surface area contributed by atoms with E-state index in [4.69, 9.17) is 17.0 Å². The molecule has 160 valence electrons. The Kier molecular flexibility index (Phi) is 5.79. The molecule has 1 fully saturated rings. The number of carbonyl (C=O) groups excluding carboxylic acids is 2. The summed E-state index contributed by atoms with van der Waals surface area (Å²) in [5.41, 5.74) is -0.366. The van der Waals surface area contributed by atoms with Crippen LogP contribution < -0.4 is 15.0 Å². The highest BCUT2D eigenvalue weighted by Gasteiger charge is 2.35. The Balaban J connectivity index is 1.65. The number of nitrogens with zero attached hydrogens (tertiary/aromatic N) is 1. The minimum atomic E-state index is -0.886. The van der Waals surface area contributed by atoms with Crippen molar-refractivity contribution in [2.75, 3.05) is 4.90 Å². The molecule has 0 atom stereocenters. The van der Waals surface area contributed by atoms with E-state index in [1.54, 1.807) is 36.4 Å². The molecule has 1 aliphatic rings. The minimum absolute atomic E-state index is 0.140. The summed E-state index contributed by atoms with van der Waals surface area (Å²) < 4.78 is 34.3. The van der Waals surface area contributed by atoms with Crippen molar-refractivity contribution in [1.82, 2.24) is 5.32 Å². The summed E-state index contributed by atoms with van der Waals surface area (Å²) in [7, 11) is 0. The molecule has 1 saturated heterocycles. The molecule has 0 aliphatic carbocycles. The Morgan fingerprint density at radius 2 is 1.59 bits per heavy atom. The average molecular weight is 450 g/mol. The van der Waals surface area contributed by atoms with Crippen molar-refractivity contribution in [1.29, 1.82) is 0 Å². The van der Waals surface area contributed by atoms with E-state index in [1.165, 1.54) is 13.0 Å². The number of para-hydroxylation sites is 1. The molecule has 0 saturated carbocycles. The Hall–Kier alpha value is -3.91. The van der Waals surface area contributed by atoms with Gasteiger partial charge in [0.2, 0.25) is 0 Å². The van der Waals surface area contributed by atoms with Gasteiger partial charge in [0.1, 0.15) is 28.7 Å². The zero-order chi connectivity index (χ0) is 22.8. The maximum absolute atomic E-state index is 14.4. The molecule has 0 aromatic heterocycles. The number of hydrogen-bond donors (Lipinski definition) is 1. The molecule has 0 unspecified atom stereocenters. The topological polar surface area (TPSA) is 58.6 Å². The van der Waals surface area contributed by atoms with Crippen LogP contribution in [0.4, 0.5) is 14.5 Å². The van der Waals surface area contributed by atoms with E-state index in [0.29, 0.717) is 17.2 Å². The van der Waals surface area contributed by atoms with E-state index in [1.807, 2.05) is 18.2 Å². The number of rotatable bonds is 4. The fourth-order valence-electron chi connectivity index (χ4n) is 3.13. The fraction of sp³-hybridized carbons (Fsp3) is 0.0417. The summed E-state index contributed by atoms with van der Waals surface area (Å²) in [5.74, 6) is -2.19. The number of halogens is 2. The third-order valence-electron chi connectivity index (χ3n) is 4.78. The summed E-state index contributed by atoms with van der Waals surface area (Å²) in [5, 5.41) is 2.25. The molecule has 3 aromatic carbocycles. The van der Waals surface area contributed by atoms with Gasteiger partial charge in [-0.15, -0.1) is 0 Å². The number of ether oxygens (including phenoxy) is 1. The van der Waals surface area contributed by atoms with Crippen molar-refractivity contribution in [2.24, 2.45) is 0 Å². The van der Waals surface area contributed by atoms with Crippen LogP contribution in [0.2, 0.25) is 0 Å². The van der Waals surface area contributed by atoms with E-state index >= 15 is 0 Å². The van der Waals surface area contributed by atoms with E-state index in [2.05, 4.69) is 5.32 Å². The quantitative estimate of drug-likeness (QED) is 0.349. The third-order valence-corrected chi connectivity index (χ3v) is 5.07. The summed E-state index contributed by atoms with van der Waals surface area (Å²) in [6.45, 7) is 1.46. The molecule has 0 spiro atoms. The van der Waals surface area contributed by atoms with Crippen LogP contribution in [0.15, 0.2) is 72.3 Å². The van der Waals surface area contributed by atoms with E-state index in [9.17, 15) is 18.4 Å². The standard InChI is InChI=1S/C24H16F2N2O3S/c1-14-7-12-20(25)18(21(14)26)13-19-22(29)27-24(32)28(23(19)30)15-8-10-17(11-9-15)31-16-5-3-2-4-6-16/h2-13H,1H3,(H,27,29,32). The summed E-state index contributed by atoms with van der Waals surface area (Å²) in [6, 6.07) is 17.9. The Morgan fingerprint density at radius 1 is 0.938 bits per heavy atom.